The van der Waals surface area contributed by atoms with Crippen molar-refractivity contribution in [2.24, 2.45) is 0 Å². The molecule has 1 aliphatic rings. The maximum atomic E-state index is 12.1. The maximum Gasteiger partial charge on any atom is 0.355 e. The van der Waals surface area contributed by atoms with Gasteiger partial charge in [-0.2, -0.15) is 0 Å². The molecule has 3 aromatic rings. The van der Waals surface area contributed by atoms with Crippen LogP contribution >= 0.6 is 0 Å². The number of hydrogen-bond donors (Lipinski definition) is 3. The highest BCUT2D eigenvalue weighted by Crippen LogP contribution is 2.36. The highest BCUT2D eigenvalue weighted by Gasteiger charge is 2.24. The van der Waals surface area contributed by atoms with Crippen LogP contribution in [0, 0.1) is 10.1 Å². The molecule has 1 amide bonds. The van der Waals surface area contributed by atoms with Gasteiger partial charge in [0, 0.05) is 11.8 Å². The zero-order valence-corrected chi connectivity index (χ0v) is 15.5. The Morgan fingerprint density at radius 1 is 1.07 bits per heavy atom. The molecule has 2 aromatic carbocycles. The van der Waals surface area contributed by atoms with Crippen molar-refractivity contribution in [3.05, 3.63) is 70.5 Å². The summed E-state index contributed by atoms with van der Waals surface area (Å²) in [5.41, 5.74) is 5.82. The molecule has 0 bridgehead atoms. The number of nitro groups is 1. The van der Waals surface area contributed by atoms with Gasteiger partial charge in [0.2, 0.25) is 24.3 Å². The first-order chi connectivity index (χ1) is 14.6. The van der Waals surface area contributed by atoms with Crippen LogP contribution in [0.15, 0.2) is 54.9 Å². The summed E-state index contributed by atoms with van der Waals surface area (Å²) in [6, 6.07) is 14.1. The predicted molar refractivity (Wildman–Crippen MR) is 106 cm³/mol. The molecule has 3 N–H and O–H groups in total. The molecule has 0 radical (unpaired) electrons. The van der Waals surface area contributed by atoms with Gasteiger partial charge in [0.25, 0.3) is 0 Å². The lowest BCUT2D eigenvalue weighted by molar-refractivity contribution is -0.383. The van der Waals surface area contributed by atoms with Gasteiger partial charge in [-0.1, -0.05) is 30.3 Å². The van der Waals surface area contributed by atoms with Crippen LogP contribution in [0.2, 0.25) is 0 Å². The number of nitrogens with one attached hydrogen (secondary N) is 3. The lowest BCUT2D eigenvalue weighted by Gasteiger charge is -2.11. The molecule has 11 heteroatoms. The first-order valence-corrected chi connectivity index (χ1v) is 8.85. The molecule has 11 nitrogen and oxygen atoms in total. The molecule has 30 heavy (non-hydrogen) atoms. The second-order valence-electron chi connectivity index (χ2n) is 6.21. The molecule has 4 rings (SSSR count). The third kappa shape index (κ3) is 4.19. The maximum absolute atomic E-state index is 12.1. The molecule has 1 aromatic heterocycles. The number of nitrogens with zero attached hydrogens (tertiary/aromatic N) is 3. The average Bonchev–Trinajstić information content (AvgIpc) is 3.21. The van der Waals surface area contributed by atoms with E-state index < -0.39 is 10.6 Å². The Kier molecular flexibility index (Phi) is 5.24. The third-order valence-electron chi connectivity index (χ3n) is 4.17. The summed E-state index contributed by atoms with van der Waals surface area (Å²) in [6.45, 7) is 0.114. The van der Waals surface area contributed by atoms with Gasteiger partial charge in [-0.15, -0.1) is 0 Å². The summed E-state index contributed by atoms with van der Waals surface area (Å²) in [5, 5.41) is 14.5. The van der Waals surface area contributed by atoms with Crippen LogP contribution in [0.25, 0.3) is 0 Å². The molecular formula is C19H16N6O5. The Bertz CT molecular complexity index is 1090. The van der Waals surface area contributed by atoms with Crippen LogP contribution in [0.5, 0.6) is 11.5 Å². The van der Waals surface area contributed by atoms with Crippen molar-refractivity contribution < 1.29 is 19.2 Å². The van der Waals surface area contributed by atoms with E-state index in [1.165, 1.54) is 0 Å². The Balaban J connectivity index is 1.50. The van der Waals surface area contributed by atoms with E-state index >= 15 is 0 Å². The van der Waals surface area contributed by atoms with Gasteiger partial charge in [-0.05, 0) is 17.7 Å². The highest BCUT2D eigenvalue weighted by atomic mass is 16.7. The number of amides is 1. The van der Waals surface area contributed by atoms with Crippen LogP contribution < -0.4 is 25.6 Å². The fourth-order valence-corrected chi connectivity index (χ4v) is 2.80. The molecule has 0 saturated heterocycles. The number of anilines is 3. The largest absolute Gasteiger partial charge is 0.454 e. The van der Waals surface area contributed by atoms with Gasteiger partial charge in [-0.3, -0.25) is 25.8 Å². The number of hydrazine groups is 1. The van der Waals surface area contributed by atoms with Crippen molar-refractivity contribution in [1.82, 2.24) is 15.4 Å². The van der Waals surface area contributed by atoms with E-state index in [1.807, 2.05) is 18.2 Å². The number of carbonyl (C=O) groups is 1. The van der Waals surface area contributed by atoms with Crippen LogP contribution in [-0.2, 0) is 11.2 Å². The molecule has 152 valence electrons. The Morgan fingerprint density at radius 3 is 2.63 bits per heavy atom. The van der Waals surface area contributed by atoms with Crippen molar-refractivity contribution in [3.63, 3.8) is 0 Å². The predicted octanol–water partition coefficient (Wildman–Crippen LogP) is 2.54. The SMILES string of the molecule is O=C(Cc1ccccc1)NNc1ncnc(Nc2ccc3c(c2)OCO3)c1[N+](=O)[O-]. The van der Waals surface area contributed by atoms with Crippen molar-refractivity contribution in [2.75, 3.05) is 17.5 Å². The van der Waals surface area contributed by atoms with E-state index in [9.17, 15) is 14.9 Å². The van der Waals surface area contributed by atoms with E-state index in [0.29, 0.717) is 17.2 Å². The number of hydrogen-bond acceptors (Lipinski definition) is 9. The van der Waals surface area contributed by atoms with Crippen molar-refractivity contribution >= 4 is 28.9 Å². The van der Waals surface area contributed by atoms with Gasteiger partial charge in [-0.25, -0.2) is 9.97 Å². The van der Waals surface area contributed by atoms with Gasteiger partial charge >= 0.3 is 5.69 Å². The topological polar surface area (TPSA) is 141 Å². The number of carbonyl (C=O) groups excluding carboxylic acids is 1. The average molecular weight is 408 g/mol. The standard InChI is InChI=1S/C19H16N6O5/c26-16(8-12-4-2-1-3-5-12)23-24-19-17(25(27)28)18(20-10-21-19)22-13-6-7-14-15(9-13)30-11-29-14/h1-7,9-10H,8,11H2,(H,23,26)(H2,20,21,22,24). The first kappa shape index (κ1) is 18.9. The van der Waals surface area contributed by atoms with E-state index in [1.54, 1.807) is 30.3 Å². The Labute approximate surface area is 170 Å². The number of ether oxygens (including phenoxy) is 2. The highest BCUT2D eigenvalue weighted by molar-refractivity contribution is 5.81. The molecule has 0 spiro atoms. The van der Waals surface area contributed by atoms with Crippen LogP contribution in [0.4, 0.5) is 23.0 Å². The minimum absolute atomic E-state index is 0.0475. The van der Waals surface area contributed by atoms with Gasteiger partial charge in [0.1, 0.15) is 6.33 Å². The van der Waals surface area contributed by atoms with Gasteiger partial charge in [0.15, 0.2) is 11.5 Å². The van der Waals surface area contributed by atoms with E-state index in [2.05, 4.69) is 26.1 Å². The second-order valence-corrected chi connectivity index (χ2v) is 6.21. The quantitative estimate of drug-likeness (QED) is 0.397. The fraction of sp³-hybridized carbons (Fsp3) is 0.105. The first-order valence-electron chi connectivity index (χ1n) is 8.85. The van der Waals surface area contributed by atoms with Crippen molar-refractivity contribution in [1.29, 1.82) is 0 Å². The van der Waals surface area contributed by atoms with Crippen LogP contribution in [0.1, 0.15) is 5.56 Å². The molecule has 2 heterocycles. The Hall–Kier alpha value is -4.41. The zero-order valence-electron chi connectivity index (χ0n) is 15.5. The Morgan fingerprint density at radius 2 is 1.83 bits per heavy atom. The minimum atomic E-state index is -0.638. The molecule has 0 fully saturated rings. The van der Waals surface area contributed by atoms with Gasteiger partial charge < -0.3 is 14.8 Å². The van der Waals surface area contributed by atoms with Crippen molar-refractivity contribution in [3.8, 4) is 11.5 Å². The second kappa shape index (κ2) is 8.31. The molecule has 1 aliphatic heterocycles. The molecule has 0 atom stereocenters. The lowest BCUT2D eigenvalue weighted by atomic mass is 10.1. The monoisotopic (exact) mass is 408 g/mol. The van der Waals surface area contributed by atoms with E-state index in [0.717, 1.165) is 11.9 Å². The normalized spacial score (nSPS) is 11.6. The van der Waals surface area contributed by atoms with Crippen molar-refractivity contribution in [2.45, 2.75) is 6.42 Å². The summed E-state index contributed by atoms with van der Waals surface area (Å²) >= 11 is 0. The number of benzene rings is 2. The summed E-state index contributed by atoms with van der Waals surface area (Å²) < 4.78 is 10.6. The number of rotatable bonds is 7. The summed E-state index contributed by atoms with van der Waals surface area (Å²) in [5.74, 6) is 0.525. The number of aromatic nitrogens is 2. The summed E-state index contributed by atoms with van der Waals surface area (Å²) in [4.78, 5) is 31.0. The lowest BCUT2D eigenvalue weighted by Crippen LogP contribution is -2.31. The van der Waals surface area contributed by atoms with E-state index in [4.69, 9.17) is 9.47 Å². The van der Waals surface area contributed by atoms with Crippen LogP contribution in [0.3, 0.4) is 0 Å². The minimum Gasteiger partial charge on any atom is -0.454 e. The van der Waals surface area contributed by atoms with Gasteiger partial charge in [0.05, 0.1) is 11.3 Å². The molecule has 0 aliphatic carbocycles. The third-order valence-corrected chi connectivity index (χ3v) is 4.17. The molecular weight excluding hydrogens is 392 g/mol. The number of fused-ring (bicyclic) bond motifs is 1. The zero-order chi connectivity index (χ0) is 20.9. The molecule has 0 saturated carbocycles. The van der Waals surface area contributed by atoms with E-state index in [-0.39, 0.29) is 30.8 Å². The summed E-state index contributed by atoms with van der Waals surface area (Å²) in [6.07, 6.45) is 1.25. The molecule has 0 unspecified atom stereocenters. The summed E-state index contributed by atoms with van der Waals surface area (Å²) in [7, 11) is 0. The van der Waals surface area contributed by atoms with Crippen LogP contribution in [-0.4, -0.2) is 27.6 Å². The fourth-order valence-electron chi connectivity index (χ4n) is 2.80. The smallest absolute Gasteiger partial charge is 0.355 e.